The van der Waals surface area contributed by atoms with Crippen LogP contribution in [0.5, 0.6) is 0 Å². The second-order valence-corrected chi connectivity index (χ2v) is 10.4. The van der Waals surface area contributed by atoms with Crippen molar-refractivity contribution >= 4 is 33.6 Å². The molecule has 2 aromatic rings. The van der Waals surface area contributed by atoms with Crippen molar-refractivity contribution in [2.24, 2.45) is 5.41 Å². The maximum atomic E-state index is 13.6. The van der Waals surface area contributed by atoms with Crippen LogP contribution in [0.25, 0.3) is 0 Å². The summed E-state index contributed by atoms with van der Waals surface area (Å²) in [5.41, 5.74) is 1.33. The van der Waals surface area contributed by atoms with Gasteiger partial charge in [-0.1, -0.05) is 65.3 Å². The molecule has 0 unspecified atom stereocenters. The molecule has 1 heterocycles. The minimum absolute atomic E-state index is 0.0935. The Morgan fingerprint density at radius 2 is 1.93 bits per heavy atom. The summed E-state index contributed by atoms with van der Waals surface area (Å²) in [6.45, 7) is 4.72. The Morgan fingerprint density at radius 3 is 2.60 bits per heavy atom. The van der Waals surface area contributed by atoms with E-state index in [1.165, 1.54) is 5.56 Å². The molecule has 1 N–H and O–H groups in total. The van der Waals surface area contributed by atoms with Crippen LogP contribution in [0.15, 0.2) is 59.1 Å². The van der Waals surface area contributed by atoms with Gasteiger partial charge in [0, 0.05) is 22.8 Å². The zero-order valence-electron chi connectivity index (χ0n) is 17.9. The number of halogens is 1. The van der Waals surface area contributed by atoms with Gasteiger partial charge in [0.15, 0.2) is 0 Å². The van der Waals surface area contributed by atoms with Gasteiger partial charge in [-0.2, -0.15) is 11.8 Å². The first-order chi connectivity index (χ1) is 14.5. The third-order valence-corrected chi connectivity index (χ3v) is 7.95. The van der Waals surface area contributed by atoms with Gasteiger partial charge in [0.25, 0.3) is 0 Å². The van der Waals surface area contributed by atoms with Gasteiger partial charge in [-0.25, -0.2) is 0 Å². The lowest BCUT2D eigenvalue weighted by Gasteiger charge is -2.38. The molecule has 0 aliphatic carbocycles. The van der Waals surface area contributed by atoms with Crippen molar-refractivity contribution in [1.82, 2.24) is 4.90 Å². The minimum Gasteiger partial charge on any atom is -0.387 e. The number of thioether (sulfide) groups is 1. The molecule has 3 atom stereocenters. The van der Waals surface area contributed by atoms with Crippen molar-refractivity contribution in [2.45, 2.75) is 57.4 Å². The SMILES string of the molecule is CC[C@@](C)(C(=O)N1CCC[C@H]1CCSCc1ccccc1)[C@@H](O)c1ccc(Br)cc1. The molecule has 30 heavy (non-hydrogen) atoms. The van der Waals surface area contributed by atoms with Crippen molar-refractivity contribution in [1.29, 1.82) is 0 Å². The van der Waals surface area contributed by atoms with E-state index in [4.69, 9.17) is 0 Å². The normalized spacial score (nSPS) is 19.5. The summed E-state index contributed by atoms with van der Waals surface area (Å²) in [5, 5.41) is 11.1. The maximum Gasteiger partial charge on any atom is 0.231 e. The zero-order chi connectivity index (χ0) is 21.6. The number of nitrogens with zero attached hydrogens (tertiary/aromatic N) is 1. The van der Waals surface area contributed by atoms with Crippen LogP contribution < -0.4 is 0 Å². The van der Waals surface area contributed by atoms with E-state index >= 15 is 0 Å². The highest BCUT2D eigenvalue weighted by Gasteiger charge is 2.44. The van der Waals surface area contributed by atoms with Crippen LogP contribution in [0, 0.1) is 5.41 Å². The third-order valence-electron chi connectivity index (χ3n) is 6.36. The number of likely N-dealkylation sites (tertiary alicyclic amines) is 1. The van der Waals surface area contributed by atoms with Crippen molar-refractivity contribution in [3.05, 3.63) is 70.2 Å². The van der Waals surface area contributed by atoms with Gasteiger partial charge in [-0.05, 0) is 61.6 Å². The molecule has 0 spiro atoms. The average molecular weight is 491 g/mol. The van der Waals surface area contributed by atoms with Crippen molar-refractivity contribution in [3.63, 3.8) is 0 Å². The van der Waals surface area contributed by atoms with Crippen LogP contribution in [-0.2, 0) is 10.5 Å². The van der Waals surface area contributed by atoms with Gasteiger partial charge < -0.3 is 10.0 Å². The summed E-state index contributed by atoms with van der Waals surface area (Å²) in [4.78, 5) is 15.6. The van der Waals surface area contributed by atoms with Gasteiger partial charge in [0.05, 0.1) is 11.5 Å². The summed E-state index contributed by atoms with van der Waals surface area (Å²) in [7, 11) is 0. The fourth-order valence-corrected chi connectivity index (χ4v) is 5.46. The van der Waals surface area contributed by atoms with E-state index in [1.807, 2.05) is 55.9 Å². The largest absolute Gasteiger partial charge is 0.387 e. The zero-order valence-corrected chi connectivity index (χ0v) is 20.3. The summed E-state index contributed by atoms with van der Waals surface area (Å²) < 4.78 is 0.968. The molecule has 5 heteroatoms. The number of aliphatic hydroxyl groups is 1. The van der Waals surface area contributed by atoms with Crippen molar-refractivity contribution < 1.29 is 9.90 Å². The van der Waals surface area contributed by atoms with Gasteiger partial charge in [0.1, 0.15) is 0 Å². The first-order valence-electron chi connectivity index (χ1n) is 10.8. The van der Waals surface area contributed by atoms with Gasteiger partial charge >= 0.3 is 0 Å². The first-order valence-corrected chi connectivity index (χ1v) is 12.8. The Kier molecular flexibility index (Phi) is 8.44. The van der Waals surface area contributed by atoms with E-state index in [-0.39, 0.29) is 11.9 Å². The highest BCUT2D eigenvalue weighted by atomic mass is 79.9. The van der Waals surface area contributed by atoms with Gasteiger partial charge in [-0.3, -0.25) is 4.79 Å². The molecule has 1 aliphatic heterocycles. The fourth-order valence-electron chi connectivity index (χ4n) is 4.19. The molecule has 3 nitrogen and oxygen atoms in total. The number of benzene rings is 2. The van der Waals surface area contributed by atoms with Crippen LogP contribution in [0.3, 0.4) is 0 Å². The van der Waals surface area contributed by atoms with Gasteiger partial charge in [0.2, 0.25) is 5.91 Å². The standard InChI is InChI=1S/C25H32BrNO2S/c1-3-25(2,23(28)20-11-13-21(26)14-12-20)24(29)27-16-7-10-22(27)15-17-30-18-19-8-5-4-6-9-19/h4-6,8-9,11-14,22-23,28H,3,7,10,15-18H2,1-2H3/t22-,23-,25+/m0/s1. The smallest absolute Gasteiger partial charge is 0.231 e. The molecule has 2 aromatic carbocycles. The number of carbonyl (C=O) groups is 1. The third kappa shape index (κ3) is 5.49. The number of rotatable bonds is 9. The van der Waals surface area contributed by atoms with Crippen LogP contribution in [0.1, 0.15) is 56.8 Å². The van der Waals surface area contributed by atoms with E-state index in [9.17, 15) is 9.90 Å². The molecule has 1 amide bonds. The van der Waals surface area contributed by atoms with Crippen molar-refractivity contribution in [3.8, 4) is 0 Å². The number of hydrogen-bond acceptors (Lipinski definition) is 3. The molecule has 1 aliphatic rings. The monoisotopic (exact) mass is 489 g/mol. The lowest BCUT2D eigenvalue weighted by Crippen LogP contribution is -2.47. The quantitative estimate of drug-likeness (QED) is 0.425. The highest BCUT2D eigenvalue weighted by Crippen LogP contribution is 2.41. The summed E-state index contributed by atoms with van der Waals surface area (Å²) >= 11 is 5.37. The Labute approximate surface area is 193 Å². The molecule has 1 fully saturated rings. The summed E-state index contributed by atoms with van der Waals surface area (Å²) in [6.07, 6.45) is 2.92. The highest BCUT2D eigenvalue weighted by molar-refractivity contribution is 9.10. The molecular formula is C25H32BrNO2S. The van der Waals surface area contributed by atoms with Crippen LogP contribution in [-0.4, -0.2) is 34.3 Å². The van der Waals surface area contributed by atoms with E-state index in [0.717, 1.165) is 47.3 Å². The molecule has 0 bridgehead atoms. The van der Waals surface area contributed by atoms with E-state index in [0.29, 0.717) is 6.42 Å². The predicted molar refractivity (Wildman–Crippen MR) is 129 cm³/mol. The predicted octanol–water partition coefficient (Wildman–Crippen LogP) is 6.21. The van der Waals surface area contributed by atoms with Crippen LogP contribution in [0.4, 0.5) is 0 Å². The first kappa shape index (κ1) is 23.4. The molecule has 0 saturated carbocycles. The number of aliphatic hydroxyl groups excluding tert-OH is 1. The number of hydrogen-bond donors (Lipinski definition) is 1. The second-order valence-electron chi connectivity index (χ2n) is 8.35. The summed E-state index contributed by atoms with van der Waals surface area (Å²) in [5.74, 6) is 2.15. The lowest BCUT2D eigenvalue weighted by atomic mass is 9.77. The van der Waals surface area contributed by atoms with E-state index in [1.54, 1.807) is 0 Å². The van der Waals surface area contributed by atoms with Crippen LogP contribution in [0.2, 0.25) is 0 Å². The van der Waals surface area contributed by atoms with Crippen LogP contribution >= 0.6 is 27.7 Å². The topological polar surface area (TPSA) is 40.5 Å². The number of carbonyl (C=O) groups excluding carboxylic acids is 1. The molecule has 0 aromatic heterocycles. The van der Waals surface area contributed by atoms with Crippen molar-refractivity contribution in [2.75, 3.05) is 12.3 Å². The molecule has 1 saturated heterocycles. The Hall–Kier alpha value is -1.30. The maximum absolute atomic E-state index is 13.6. The Bertz CT molecular complexity index is 814. The summed E-state index contributed by atoms with van der Waals surface area (Å²) in [6, 6.07) is 18.4. The fraction of sp³-hybridized carbons (Fsp3) is 0.480. The lowest BCUT2D eigenvalue weighted by molar-refractivity contribution is -0.149. The molecular weight excluding hydrogens is 458 g/mol. The minimum atomic E-state index is -0.812. The average Bonchev–Trinajstić information content (AvgIpc) is 3.25. The number of amides is 1. The Balaban J connectivity index is 1.61. The second kappa shape index (κ2) is 10.8. The Morgan fingerprint density at radius 1 is 1.23 bits per heavy atom. The van der Waals surface area contributed by atoms with E-state index < -0.39 is 11.5 Å². The molecule has 3 rings (SSSR count). The molecule has 0 radical (unpaired) electrons. The molecule has 162 valence electrons. The van der Waals surface area contributed by atoms with Gasteiger partial charge in [-0.15, -0.1) is 0 Å². The van der Waals surface area contributed by atoms with E-state index in [2.05, 4.69) is 45.1 Å².